The minimum Gasteiger partial charge on any atom is -0.388 e. The van der Waals surface area contributed by atoms with Crippen LogP contribution in [-0.2, 0) is 0 Å². The van der Waals surface area contributed by atoms with Crippen molar-refractivity contribution in [3.63, 3.8) is 0 Å². The number of aliphatic hydroxyl groups excluding tert-OH is 1. The van der Waals surface area contributed by atoms with Crippen molar-refractivity contribution in [3.8, 4) is 0 Å². The number of aryl methyl sites for hydroxylation is 1. The van der Waals surface area contributed by atoms with E-state index in [0.29, 0.717) is 30.5 Å². The van der Waals surface area contributed by atoms with Crippen molar-refractivity contribution in [1.29, 1.82) is 0 Å². The van der Waals surface area contributed by atoms with Crippen molar-refractivity contribution in [1.82, 2.24) is 0 Å². The Hall–Kier alpha value is -1.58. The molecule has 0 amide bonds. The van der Waals surface area contributed by atoms with Crippen LogP contribution in [0, 0.1) is 12.7 Å². The van der Waals surface area contributed by atoms with E-state index in [1.807, 2.05) is 0 Å². The van der Waals surface area contributed by atoms with E-state index < -0.39 is 6.10 Å². The summed E-state index contributed by atoms with van der Waals surface area (Å²) in [6.07, 6.45) is 0.486. The summed E-state index contributed by atoms with van der Waals surface area (Å²) < 4.78 is 13.0. The van der Waals surface area contributed by atoms with Gasteiger partial charge in [0.2, 0.25) is 0 Å². The molecule has 16 heavy (non-hydrogen) atoms. The molecule has 1 unspecified atom stereocenters. The van der Waals surface area contributed by atoms with E-state index in [1.54, 1.807) is 19.1 Å². The highest BCUT2D eigenvalue weighted by molar-refractivity contribution is 5.25. The predicted octanol–water partition coefficient (Wildman–Crippen LogP) is 3.26. The zero-order valence-corrected chi connectivity index (χ0v) is 9.10. The third kappa shape index (κ3) is 3.53. The van der Waals surface area contributed by atoms with Gasteiger partial charge in [0.15, 0.2) is 0 Å². The number of hydrogen-bond donors (Lipinski definition) is 1. The molecule has 1 N–H and O–H groups in total. The van der Waals surface area contributed by atoms with Crippen molar-refractivity contribution in [3.05, 3.63) is 45.6 Å². The van der Waals surface area contributed by atoms with Crippen LogP contribution in [0.5, 0.6) is 0 Å². The molecule has 0 aliphatic rings. The molecule has 0 saturated carbocycles. The van der Waals surface area contributed by atoms with E-state index in [1.165, 1.54) is 6.07 Å². The highest BCUT2D eigenvalue weighted by Gasteiger charge is 2.08. The van der Waals surface area contributed by atoms with Gasteiger partial charge in [-0.1, -0.05) is 17.2 Å². The first-order chi connectivity index (χ1) is 7.65. The Morgan fingerprint density at radius 2 is 2.31 bits per heavy atom. The molecule has 0 saturated heterocycles. The molecule has 4 nitrogen and oxygen atoms in total. The molecule has 5 heteroatoms. The van der Waals surface area contributed by atoms with Gasteiger partial charge in [-0.2, -0.15) is 0 Å². The fourth-order valence-corrected chi connectivity index (χ4v) is 1.44. The molecule has 0 radical (unpaired) electrons. The number of rotatable bonds is 5. The lowest BCUT2D eigenvalue weighted by Gasteiger charge is -2.11. The van der Waals surface area contributed by atoms with Crippen LogP contribution in [0.25, 0.3) is 10.4 Å². The Balaban J connectivity index is 2.55. The molecular formula is C11H14FN3O. The zero-order chi connectivity index (χ0) is 12.0. The van der Waals surface area contributed by atoms with Gasteiger partial charge < -0.3 is 5.11 Å². The van der Waals surface area contributed by atoms with Crippen molar-refractivity contribution in [2.75, 3.05) is 6.54 Å². The molecule has 86 valence electrons. The van der Waals surface area contributed by atoms with Gasteiger partial charge in [-0.15, -0.1) is 0 Å². The standard InChI is InChI=1S/C11H14FN3O/c1-8-7-9(4-5-10(8)12)11(16)3-2-6-14-15-13/h4-5,7,11,16H,2-3,6H2,1H3. The second-order valence-corrected chi connectivity index (χ2v) is 3.62. The maximum Gasteiger partial charge on any atom is 0.126 e. The fraction of sp³-hybridized carbons (Fsp3) is 0.455. The number of halogens is 1. The molecule has 0 bridgehead atoms. The summed E-state index contributed by atoms with van der Waals surface area (Å²) in [6.45, 7) is 2.03. The van der Waals surface area contributed by atoms with Crippen LogP contribution in [0.15, 0.2) is 23.3 Å². The number of benzene rings is 1. The summed E-state index contributed by atoms with van der Waals surface area (Å²) in [6, 6.07) is 4.55. The Labute approximate surface area is 93.3 Å². The van der Waals surface area contributed by atoms with E-state index >= 15 is 0 Å². The van der Waals surface area contributed by atoms with Gasteiger partial charge in [-0.05, 0) is 42.5 Å². The van der Waals surface area contributed by atoms with Gasteiger partial charge >= 0.3 is 0 Å². The topological polar surface area (TPSA) is 69.0 Å². The molecule has 0 aliphatic heterocycles. The second kappa shape index (κ2) is 6.10. The number of hydrogen-bond acceptors (Lipinski definition) is 2. The monoisotopic (exact) mass is 223 g/mol. The van der Waals surface area contributed by atoms with E-state index in [0.717, 1.165) is 0 Å². The third-order valence-electron chi connectivity index (χ3n) is 2.37. The normalized spacial score (nSPS) is 11.9. The third-order valence-corrected chi connectivity index (χ3v) is 2.37. The highest BCUT2D eigenvalue weighted by atomic mass is 19.1. The van der Waals surface area contributed by atoms with Crippen LogP contribution in [0.1, 0.15) is 30.1 Å². The first-order valence-electron chi connectivity index (χ1n) is 5.10. The van der Waals surface area contributed by atoms with Crippen LogP contribution in [0.4, 0.5) is 4.39 Å². The van der Waals surface area contributed by atoms with Crippen molar-refractivity contribution in [2.45, 2.75) is 25.9 Å². The van der Waals surface area contributed by atoms with E-state index in [9.17, 15) is 9.50 Å². The van der Waals surface area contributed by atoms with Crippen LogP contribution in [-0.4, -0.2) is 11.7 Å². The summed E-state index contributed by atoms with van der Waals surface area (Å²) >= 11 is 0. The lowest BCUT2D eigenvalue weighted by molar-refractivity contribution is 0.165. The van der Waals surface area contributed by atoms with Gasteiger partial charge in [0.05, 0.1) is 6.10 Å². The fourth-order valence-electron chi connectivity index (χ4n) is 1.44. The lowest BCUT2D eigenvalue weighted by Crippen LogP contribution is -1.99. The smallest absolute Gasteiger partial charge is 0.126 e. The minimum absolute atomic E-state index is 0.273. The average Bonchev–Trinajstić information content (AvgIpc) is 2.28. The summed E-state index contributed by atoms with van der Waals surface area (Å²) in [7, 11) is 0. The Bertz CT molecular complexity index is 402. The Morgan fingerprint density at radius 3 is 2.94 bits per heavy atom. The SMILES string of the molecule is Cc1cc(C(O)CCCN=[N+]=[N-])ccc1F. The average molecular weight is 223 g/mol. The van der Waals surface area contributed by atoms with E-state index in [-0.39, 0.29) is 5.82 Å². The first kappa shape index (κ1) is 12.5. The molecular weight excluding hydrogens is 209 g/mol. The molecule has 0 aliphatic carbocycles. The van der Waals surface area contributed by atoms with Crippen LogP contribution in [0.2, 0.25) is 0 Å². The molecule has 1 aromatic rings. The van der Waals surface area contributed by atoms with Crippen molar-refractivity contribution in [2.24, 2.45) is 5.11 Å². The van der Waals surface area contributed by atoms with Gasteiger partial charge in [0, 0.05) is 11.5 Å². The molecule has 0 spiro atoms. The number of nitrogens with zero attached hydrogens (tertiary/aromatic N) is 3. The van der Waals surface area contributed by atoms with Gasteiger partial charge in [0.1, 0.15) is 5.82 Å². The van der Waals surface area contributed by atoms with Crippen LogP contribution < -0.4 is 0 Å². The molecule has 1 atom stereocenters. The Kier molecular flexibility index (Phi) is 4.76. The summed E-state index contributed by atoms with van der Waals surface area (Å²) in [5.74, 6) is -0.273. The number of aliphatic hydroxyl groups is 1. The molecule has 0 aromatic heterocycles. The molecule has 0 heterocycles. The molecule has 0 fully saturated rings. The summed E-state index contributed by atoms with van der Waals surface area (Å²) in [5.41, 5.74) is 9.28. The molecule has 1 aromatic carbocycles. The molecule has 1 rings (SSSR count). The largest absolute Gasteiger partial charge is 0.388 e. The van der Waals surface area contributed by atoms with Crippen LogP contribution in [0.3, 0.4) is 0 Å². The van der Waals surface area contributed by atoms with Gasteiger partial charge in [-0.3, -0.25) is 0 Å². The maximum absolute atomic E-state index is 13.0. The maximum atomic E-state index is 13.0. The van der Waals surface area contributed by atoms with Gasteiger partial charge in [-0.25, -0.2) is 4.39 Å². The summed E-state index contributed by atoms with van der Waals surface area (Å²) in [4.78, 5) is 2.62. The quantitative estimate of drug-likeness (QED) is 0.354. The zero-order valence-electron chi connectivity index (χ0n) is 9.10. The van der Waals surface area contributed by atoms with Crippen molar-refractivity contribution >= 4 is 0 Å². The minimum atomic E-state index is -0.631. The van der Waals surface area contributed by atoms with Crippen molar-refractivity contribution < 1.29 is 9.50 Å². The highest BCUT2D eigenvalue weighted by Crippen LogP contribution is 2.20. The second-order valence-electron chi connectivity index (χ2n) is 3.62. The van der Waals surface area contributed by atoms with E-state index in [4.69, 9.17) is 5.53 Å². The lowest BCUT2D eigenvalue weighted by atomic mass is 10.0. The van der Waals surface area contributed by atoms with E-state index in [2.05, 4.69) is 10.0 Å². The number of azide groups is 1. The van der Waals surface area contributed by atoms with Gasteiger partial charge in [0.25, 0.3) is 0 Å². The summed E-state index contributed by atoms with van der Waals surface area (Å²) in [5, 5.41) is 13.2. The van der Waals surface area contributed by atoms with Crippen LogP contribution >= 0.6 is 0 Å². The Morgan fingerprint density at radius 1 is 1.56 bits per heavy atom. The predicted molar refractivity (Wildman–Crippen MR) is 59.3 cm³/mol. The first-order valence-corrected chi connectivity index (χ1v) is 5.10.